The maximum atomic E-state index is 12.8. The number of anilines is 2. The van der Waals surface area contributed by atoms with E-state index < -0.39 is 0 Å². The Balaban J connectivity index is 1.92. The fourth-order valence-corrected chi connectivity index (χ4v) is 3.19. The van der Waals surface area contributed by atoms with Crippen LogP contribution in [0, 0.1) is 13.8 Å². The van der Waals surface area contributed by atoms with Gasteiger partial charge in [0.25, 0.3) is 11.8 Å². The van der Waals surface area contributed by atoms with Crippen molar-refractivity contribution < 1.29 is 19.1 Å². The van der Waals surface area contributed by atoms with Crippen LogP contribution in [-0.2, 0) is 0 Å². The van der Waals surface area contributed by atoms with Crippen molar-refractivity contribution in [2.45, 2.75) is 27.7 Å². The van der Waals surface area contributed by atoms with E-state index in [-0.39, 0.29) is 11.8 Å². The van der Waals surface area contributed by atoms with Crippen LogP contribution >= 0.6 is 0 Å². The third-order valence-electron chi connectivity index (χ3n) is 4.77. The first-order valence-electron chi connectivity index (χ1n) is 10.6. The van der Waals surface area contributed by atoms with Crippen LogP contribution < -0.4 is 20.1 Å². The molecule has 6 heteroatoms. The van der Waals surface area contributed by atoms with E-state index in [9.17, 15) is 9.59 Å². The monoisotopic (exact) mass is 432 g/mol. The highest BCUT2D eigenvalue weighted by atomic mass is 16.5. The van der Waals surface area contributed by atoms with Crippen LogP contribution in [0.3, 0.4) is 0 Å². The predicted octanol–water partition coefficient (Wildman–Crippen LogP) is 5.61. The van der Waals surface area contributed by atoms with Gasteiger partial charge in [-0.3, -0.25) is 9.59 Å². The van der Waals surface area contributed by atoms with E-state index in [1.165, 1.54) is 0 Å². The zero-order valence-electron chi connectivity index (χ0n) is 18.8. The molecule has 0 unspecified atom stereocenters. The maximum absolute atomic E-state index is 12.8. The summed E-state index contributed by atoms with van der Waals surface area (Å²) in [5, 5.41) is 5.79. The third-order valence-corrected chi connectivity index (χ3v) is 4.77. The number of hydrogen-bond acceptors (Lipinski definition) is 4. The molecular formula is C26H28N2O4. The molecule has 0 atom stereocenters. The number of hydrogen-bond donors (Lipinski definition) is 2. The highest BCUT2D eigenvalue weighted by Gasteiger charge is 2.17. The number of carbonyl (C=O) groups excluding carboxylic acids is 2. The van der Waals surface area contributed by atoms with Gasteiger partial charge in [-0.15, -0.1) is 0 Å². The first-order chi connectivity index (χ1) is 15.4. The zero-order valence-corrected chi connectivity index (χ0v) is 18.8. The number of amides is 2. The van der Waals surface area contributed by atoms with Gasteiger partial charge in [0.05, 0.1) is 24.6 Å². The standard InChI is InChI=1S/C26H28N2O4/c1-5-31-23-16-22(28-26(30)20-9-7-8-18(4)14-20)24(32-6-2)15-21(23)27-25(29)19-12-10-17(3)11-13-19/h7-16H,5-6H2,1-4H3,(H,27,29)(H,28,30). The summed E-state index contributed by atoms with van der Waals surface area (Å²) < 4.78 is 11.5. The van der Waals surface area contributed by atoms with Gasteiger partial charge in [0.1, 0.15) is 11.5 Å². The molecule has 0 fully saturated rings. The van der Waals surface area contributed by atoms with Gasteiger partial charge in [0, 0.05) is 23.3 Å². The number of carbonyl (C=O) groups is 2. The largest absolute Gasteiger partial charge is 0.492 e. The number of nitrogens with one attached hydrogen (secondary N) is 2. The predicted molar refractivity (Wildman–Crippen MR) is 127 cm³/mol. The van der Waals surface area contributed by atoms with Crippen molar-refractivity contribution >= 4 is 23.2 Å². The number of aryl methyl sites for hydroxylation is 2. The maximum Gasteiger partial charge on any atom is 0.255 e. The molecule has 0 aliphatic heterocycles. The molecule has 0 bridgehead atoms. The molecule has 32 heavy (non-hydrogen) atoms. The molecule has 166 valence electrons. The molecule has 0 aliphatic rings. The molecule has 0 saturated carbocycles. The molecule has 6 nitrogen and oxygen atoms in total. The van der Waals surface area contributed by atoms with Gasteiger partial charge in [0.2, 0.25) is 0 Å². The van der Waals surface area contributed by atoms with E-state index in [4.69, 9.17) is 9.47 Å². The van der Waals surface area contributed by atoms with Crippen LogP contribution in [0.2, 0.25) is 0 Å². The van der Waals surface area contributed by atoms with Crippen molar-refractivity contribution in [2.24, 2.45) is 0 Å². The smallest absolute Gasteiger partial charge is 0.255 e. The molecule has 0 aliphatic carbocycles. The summed E-state index contributed by atoms with van der Waals surface area (Å²) in [7, 11) is 0. The lowest BCUT2D eigenvalue weighted by Gasteiger charge is -2.18. The summed E-state index contributed by atoms with van der Waals surface area (Å²) in [4.78, 5) is 25.5. The van der Waals surface area contributed by atoms with E-state index in [2.05, 4.69) is 10.6 Å². The van der Waals surface area contributed by atoms with Gasteiger partial charge in [-0.1, -0.05) is 35.4 Å². The Kier molecular flexibility index (Phi) is 7.49. The van der Waals surface area contributed by atoms with Crippen LogP contribution in [0.15, 0.2) is 60.7 Å². The van der Waals surface area contributed by atoms with E-state index in [0.717, 1.165) is 11.1 Å². The van der Waals surface area contributed by atoms with Gasteiger partial charge in [0.15, 0.2) is 0 Å². The lowest BCUT2D eigenvalue weighted by atomic mass is 10.1. The number of rotatable bonds is 8. The summed E-state index contributed by atoms with van der Waals surface area (Å²) in [5.41, 5.74) is 4.08. The second-order valence-electron chi connectivity index (χ2n) is 7.35. The van der Waals surface area contributed by atoms with E-state index in [0.29, 0.717) is 47.2 Å². The lowest BCUT2D eigenvalue weighted by molar-refractivity contribution is 0.101. The van der Waals surface area contributed by atoms with E-state index >= 15 is 0 Å². The number of ether oxygens (including phenoxy) is 2. The first kappa shape index (κ1) is 22.9. The molecule has 0 spiro atoms. The minimum atomic E-state index is -0.259. The van der Waals surface area contributed by atoms with E-state index in [1.807, 2.05) is 58.0 Å². The van der Waals surface area contributed by atoms with Crippen molar-refractivity contribution in [3.05, 3.63) is 82.9 Å². The Hall–Kier alpha value is -3.80. The Labute approximate surface area is 188 Å². The Morgan fingerprint density at radius 2 is 1.22 bits per heavy atom. The second kappa shape index (κ2) is 10.5. The van der Waals surface area contributed by atoms with Crippen LogP contribution in [0.25, 0.3) is 0 Å². The van der Waals surface area contributed by atoms with Crippen LogP contribution in [0.1, 0.15) is 45.7 Å². The first-order valence-corrected chi connectivity index (χ1v) is 10.6. The molecule has 2 N–H and O–H groups in total. The normalized spacial score (nSPS) is 10.4. The van der Waals surface area contributed by atoms with Gasteiger partial charge in [-0.25, -0.2) is 0 Å². The quantitative estimate of drug-likeness (QED) is 0.485. The third kappa shape index (κ3) is 5.66. The molecule has 0 aromatic heterocycles. The zero-order chi connectivity index (χ0) is 23.1. The molecular weight excluding hydrogens is 404 g/mol. The lowest BCUT2D eigenvalue weighted by Crippen LogP contribution is -2.16. The van der Waals surface area contributed by atoms with Crippen molar-refractivity contribution in [1.29, 1.82) is 0 Å². The van der Waals surface area contributed by atoms with Gasteiger partial charge in [-0.05, 0) is 52.0 Å². The van der Waals surface area contributed by atoms with Crippen molar-refractivity contribution in [3.63, 3.8) is 0 Å². The molecule has 2 amide bonds. The molecule has 0 radical (unpaired) electrons. The van der Waals surface area contributed by atoms with Crippen LogP contribution in [0.5, 0.6) is 11.5 Å². The highest BCUT2D eigenvalue weighted by molar-refractivity contribution is 6.07. The second-order valence-corrected chi connectivity index (χ2v) is 7.35. The van der Waals surface area contributed by atoms with Crippen molar-refractivity contribution in [1.82, 2.24) is 0 Å². The summed E-state index contributed by atoms with van der Waals surface area (Å²) in [6.45, 7) is 8.40. The minimum absolute atomic E-state index is 0.256. The Morgan fingerprint density at radius 3 is 1.72 bits per heavy atom. The molecule has 3 aromatic rings. The van der Waals surface area contributed by atoms with Crippen LogP contribution in [-0.4, -0.2) is 25.0 Å². The van der Waals surface area contributed by atoms with Gasteiger partial charge < -0.3 is 20.1 Å². The molecule has 0 heterocycles. The fourth-order valence-electron chi connectivity index (χ4n) is 3.19. The highest BCUT2D eigenvalue weighted by Crippen LogP contribution is 2.37. The number of benzene rings is 3. The summed E-state index contributed by atoms with van der Waals surface area (Å²) in [6.07, 6.45) is 0. The van der Waals surface area contributed by atoms with Gasteiger partial charge >= 0.3 is 0 Å². The van der Waals surface area contributed by atoms with Crippen molar-refractivity contribution in [3.8, 4) is 11.5 Å². The molecule has 3 rings (SSSR count). The molecule has 3 aromatic carbocycles. The van der Waals surface area contributed by atoms with Crippen molar-refractivity contribution in [2.75, 3.05) is 23.8 Å². The van der Waals surface area contributed by atoms with Crippen LogP contribution in [0.4, 0.5) is 11.4 Å². The topological polar surface area (TPSA) is 76.7 Å². The minimum Gasteiger partial charge on any atom is -0.492 e. The van der Waals surface area contributed by atoms with E-state index in [1.54, 1.807) is 30.3 Å². The van der Waals surface area contributed by atoms with Gasteiger partial charge in [-0.2, -0.15) is 0 Å². The Bertz CT molecular complexity index is 1110. The average molecular weight is 433 g/mol. The SMILES string of the molecule is CCOc1cc(NC(=O)c2cccc(C)c2)c(OCC)cc1NC(=O)c1ccc(C)cc1. The fraction of sp³-hybridized carbons (Fsp3) is 0.231. The Morgan fingerprint density at radius 1 is 0.688 bits per heavy atom. The summed E-state index contributed by atoms with van der Waals surface area (Å²) >= 11 is 0. The summed E-state index contributed by atoms with van der Waals surface area (Å²) in [6, 6.07) is 18.0. The average Bonchev–Trinajstić information content (AvgIpc) is 2.77. The summed E-state index contributed by atoms with van der Waals surface area (Å²) in [5.74, 6) is 0.366. The molecule has 0 saturated heterocycles.